The summed E-state index contributed by atoms with van der Waals surface area (Å²) < 4.78 is 4.62. The first-order valence-electron chi connectivity index (χ1n) is 8.54. The average Bonchev–Trinajstić information content (AvgIpc) is 2.58. The topological polar surface area (TPSA) is 7.76 Å². The quantitative estimate of drug-likeness (QED) is 0.650. The average molecular weight is 318 g/mol. The van der Waals surface area contributed by atoms with Crippen molar-refractivity contribution >= 4 is 0 Å². The van der Waals surface area contributed by atoms with Crippen molar-refractivity contribution < 1.29 is 9.13 Å². The maximum absolute atomic E-state index is 2.31. The van der Waals surface area contributed by atoms with E-state index in [0.717, 1.165) is 13.1 Å². The van der Waals surface area contributed by atoms with Crippen LogP contribution in [-0.4, -0.2) is 0 Å². The van der Waals surface area contributed by atoms with E-state index < -0.39 is 0 Å². The minimum atomic E-state index is 0.921. The smallest absolute Gasteiger partial charge is 0.181 e. The molecule has 0 bridgehead atoms. The molecule has 0 N–H and O–H groups in total. The Morgan fingerprint density at radius 3 is 1.33 bits per heavy atom. The second kappa shape index (κ2) is 6.96. The van der Waals surface area contributed by atoms with Crippen LogP contribution in [0.25, 0.3) is 0 Å². The van der Waals surface area contributed by atoms with E-state index in [2.05, 4.69) is 97.8 Å². The Kier molecular flexibility index (Phi) is 4.75. The molecule has 0 atom stereocenters. The number of benzene rings is 1. The van der Waals surface area contributed by atoms with Crippen molar-refractivity contribution in [2.75, 3.05) is 0 Å². The Morgan fingerprint density at radius 1 is 0.583 bits per heavy atom. The highest BCUT2D eigenvalue weighted by atomic mass is 15.0. The molecule has 3 aromatic rings. The largest absolute Gasteiger partial charge is 0.198 e. The summed E-state index contributed by atoms with van der Waals surface area (Å²) in [5.41, 5.74) is 7.99. The summed E-state index contributed by atoms with van der Waals surface area (Å²) in [6.07, 6.45) is 4.31. The fraction of sp³-hybridized carbons (Fsp3) is 0.273. The van der Waals surface area contributed by atoms with E-state index in [-0.39, 0.29) is 0 Å². The van der Waals surface area contributed by atoms with Gasteiger partial charge in [0.25, 0.3) is 0 Å². The van der Waals surface area contributed by atoms with Crippen molar-refractivity contribution in [3.63, 3.8) is 0 Å². The monoisotopic (exact) mass is 318 g/mol. The van der Waals surface area contributed by atoms with Gasteiger partial charge in [-0.2, -0.15) is 9.13 Å². The molecule has 0 saturated carbocycles. The van der Waals surface area contributed by atoms with Crippen LogP contribution in [0.5, 0.6) is 0 Å². The van der Waals surface area contributed by atoms with Crippen LogP contribution in [0, 0.1) is 27.7 Å². The number of pyridine rings is 2. The second-order valence-electron chi connectivity index (χ2n) is 6.63. The van der Waals surface area contributed by atoms with E-state index in [1.165, 1.54) is 33.6 Å². The molecule has 2 nitrogen and oxygen atoms in total. The van der Waals surface area contributed by atoms with E-state index in [0.29, 0.717) is 0 Å². The first-order chi connectivity index (χ1) is 11.5. The summed E-state index contributed by atoms with van der Waals surface area (Å²) in [5.74, 6) is 0. The van der Waals surface area contributed by atoms with Crippen LogP contribution in [0.15, 0.2) is 60.9 Å². The van der Waals surface area contributed by atoms with Gasteiger partial charge < -0.3 is 0 Å². The van der Waals surface area contributed by atoms with Crippen LogP contribution >= 0.6 is 0 Å². The molecule has 0 aliphatic heterocycles. The zero-order chi connectivity index (χ0) is 17.1. The fourth-order valence-electron chi connectivity index (χ4n) is 2.99. The van der Waals surface area contributed by atoms with Crippen LogP contribution in [0.4, 0.5) is 0 Å². The van der Waals surface area contributed by atoms with E-state index in [1.807, 2.05) is 0 Å². The summed E-state index contributed by atoms with van der Waals surface area (Å²) in [6.45, 7) is 10.5. The van der Waals surface area contributed by atoms with Gasteiger partial charge in [0.05, 0.1) is 0 Å². The third kappa shape index (κ3) is 3.53. The van der Waals surface area contributed by atoms with E-state index in [4.69, 9.17) is 0 Å². The van der Waals surface area contributed by atoms with E-state index in [9.17, 15) is 0 Å². The maximum atomic E-state index is 2.31. The summed E-state index contributed by atoms with van der Waals surface area (Å²) in [6, 6.07) is 17.5. The van der Waals surface area contributed by atoms with Gasteiger partial charge >= 0.3 is 0 Å². The first-order valence-corrected chi connectivity index (χ1v) is 8.54. The van der Waals surface area contributed by atoms with Crippen LogP contribution in [0.3, 0.4) is 0 Å². The third-order valence-electron chi connectivity index (χ3n) is 4.96. The van der Waals surface area contributed by atoms with Crippen molar-refractivity contribution in [3.05, 3.63) is 94.6 Å². The molecule has 0 aliphatic rings. The molecule has 0 radical (unpaired) electrons. The predicted molar refractivity (Wildman–Crippen MR) is 96.9 cm³/mol. The molecule has 3 rings (SSSR count). The SMILES string of the molecule is Cc1ccc[n+](Cc2ccc(C[n+]3cccc(C)c3C)cc2)c1C. The number of hydrogen-bond acceptors (Lipinski definition) is 0. The summed E-state index contributed by atoms with van der Waals surface area (Å²) in [5, 5.41) is 0. The minimum absolute atomic E-state index is 0.921. The molecule has 2 aromatic heterocycles. The van der Waals surface area contributed by atoms with Gasteiger partial charge in [-0.3, -0.25) is 0 Å². The molecule has 1 aromatic carbocycles. The number of aryl methyl sites for hydroxylation is 2. The maximum Gasteiger partial charge on any atom is 0.181 e. The van der Waals surface area contributed by atoms with Gasteiger partial charge in [-0.05, 0) is 26.0 Å². The van der Waals surface area contributed by atoms with Gasteiger partial charge in [0.15, 0.2) is 36.9 Å². The minimum Gasteiger partial charge on any atom is -0.198 e. The highest BCUT2D eigenvalue weighted by molar-refractivity contribution is 5.22. The molecular weight excluding hydrogens is 292 g/mol. The Hall–Kier alpha value is -2.48. The van der Waals surface area contributed by atoms with Crippen LogP contribution in [0.1, 0.15) is 33.6 Å². The predicted octanol–water partition coefficient (Wildman–Crippen LogP) is 3.59. The standard InChI is InChI=1S/C22H26N2/c1-17-7-5-13-23(19(17)3)15-21-9-11-22(12-10-21)16-24-14-6-8-18(2)20(24)4/h5-14H,15-16H2,1-4H3/q+2. The second-order valence-corrected chi connectivity index (χ2v) is 6.63. The molecule has 122 valence electrons. The zero-order valence-electron chi connectivity index (χ0n) is 15.1. The van der Waals surface area contributed by atoms with Crippen molar-refractivity contribution in [2.45, 2.75) is 40.8 Å². The number of rotatable bonds is 4. The Labute approximate surface area is 145 Å². The lowest BCUT2D eigenvalue weighted by molar-refractivity contribution is -0.695. The fourth-order valence-corrected chi connectivity index (χ4v) is 2.99. The highest BCUT2D eigenvalue weighted by Crippen LogP contribution is 2.07. The Bertz CT molecular complexity index is 776. The van der Waals surface area contributed by atoms with E-state index in [1.54, 1.807) is 0 Å². The van der Waals surface area contributed by atoms with Gasteiger partial charge in [-0.1, -0.05) is 24.3 Å². The number of aromatic nitrogens is 2. The van der Waals surface area contributed by atoms with Crippen molar-refractivity contribution in [1.29, 1.82) is 0 Å². The van der Waals surface area contributed by atoms with Crippen LogP contribution in [-0.2, 0) is 13.1 Å². The van der Waals surface area contributed by atoms with Gasteiger partial charge in [0.1, 0.15) is 0 Å². The molecule has 0 aliphatic carbocycles. The van der Waals surface area contributed by atoms with Gasteiger partial charge in [-0.15, -0.1) is 0 Å². The van der Waals surface area contributed by atoms with E-state index >= 15 is 0 Å². The molecule has 0 spiro atoms. The lowest BCUT2D eigenvalue weighted by atomic mass is 10.1. The molecule has 2 heteroatoms. The highest BCUT2D eigenvalue weighted by Gasteiger charge is 2.11. The third-order valence-corrected chi connectivity index (χ3v) is 4.96. The molecule has 0 unspecified atom stereocenters. The number of hydrogen-bond donors (Lipinski definition) is 0. The van der Waals surface area contributed by atoms with Crippen molar-refractivity contribution in [2.24, 2.45) is 0 Å². The van der Waals surface area contributed by atoms with Crippen LogP contribution < -0.4 is 9.13 Å². The summed E-state index contributed by atoms with van der Waals surface area (Å²) in [7, 11) is 0. The lowest BCUT2D eigenvalue weighted by Crippen LogP contribution is -2.38. The van der Waals surface area contributed by atoms with Gasteiger partial charge in [0.2, 0.25) is 0 Å². The zero-order valence-corrected chi connectivity index (χ0v) is 15.1. The summed E-state index contributed by atoms with van der Waals surface area (Å²) >= 11 is 0. The molecule has 24 heavy (non-hydrogen) atoms. The molecular formula is C22H26N2+2. The number of nitrogens with zero attached hydrogens (tertiary/aromatic N) is 2. The molecule has 2 heterocycles. The molecule has 0 fully saturated rings. The first kappa shape index (κ1) is 16.4. The van der Waals surface area contributed by atoms with Gasteiger partial charge in [-0.25, -0.2) is 0 Å². The summed E-state index contributed by atoms with van der Waals surface area (Å²) in [4.78, 5) is 0. The van der Waals surface area contributed by atoms with Crippen molar-refractivity contribution in [3.8, 4) is 0 Å². The lowest BCUT2D eigenvalue weighted by Gasteiger charge is -2.05. The molecule has 0 saturated heterocycles. The molecule has 0 amide bonds. The van der Waals surface area contributed by atoms with Gasteiger partial charge in [0, 0.05) is 48.2 Å². The normalized spacial score (nSPS) is 10.8. The van der Waals surface area contributed by atoms with Crippen molar-refractivity contribution in [1.82, 2.24) is 0 Å². The van der Waals surface area contributed by atoms with Crippen LogP contribution in [0.2, 0.25) is 0 Å². The Morgan fingerprint density at radius 2 is 0.958 bits per heavy atom. The Balaban J connectivity index is 1.76.